The number of methoxy groups -OCH3 is 1. The zero-order valence-electron chi connectivity index (χ0n) is 23.3. The number of rotatable bonds is 11. The molecule has 3 aromatic carbocycles. The summed E-state index contributed by atoms with van der Waals surface area (Å²) in [6.07, 6.45) is 3.74. The van der Waals surface area contributed by atoms with E-state index in [2.05, 4.69) is 6.92 Å². The lowest BCUT2D eigenvalue weighted by Gasteiger charge is -2.31. The number of para-hydroxylation sites is 1. The first kappa shape index (κ1) is 28.5. The Labute approximate surface area is 233 Å². The maximum atomic E-state index is 14.0. The van der Waals surface area contributed by atoms with E-state index in [1.165, 1.54) is 10.6 Å². The highest BCUT2D eigenvalue weighted by Crippen LogP contribution is 2.27. The average molecular weight is 543 g/mol. The quantitative estimate of drug-likeness (QED) is 0.123. The molecule has 0 aliphatic heterocycles. The fourth-order valence-corrected chi connectivity index (χ4v) is 4.84. The van der Waals surface area contributed by atoms with Gasteiger partial charge in [-0.25, -0.2) is 4.98 Å². The molecular formula is C31H34N4O5. The standard InChI is InChI=1S/C31H34N4O5/c1-5-6-7-10-19-33(30(36)23-14-13-21(2)28(20-23)35(38)39)22(3)29-32-27-12-9-8-11-26(27)31(37)34(29)24-15-17-25(40-4)18-16-24/h8-9,11-18,20,22H,5-7,10,19H2,1-4H3. The summed E-state index contributed by atoms with van der Waals surface area (Å²) in [5.41, 5.74) is 1.47. The Bertz CT molecular complexity index is 1580. The van der Waals surface area contributed by atoms with Crippen molar-refractivity contribution in [2.45, 2.75) is 52.5 Å². The predicted molar refractivity (Wildman–Crippen MR) is 155 cm³/mol. The van der Waals surface area contributed by atoms with Crippen LogP contribution in [0.1, 0.15) is 67.3 Å². The normalized spacial score (nSPS) is 11.8. The molecule has 4 aromatic rings. The van der Waals surface area contributed by atoms with Gasteiger partial charge in [-0.15, -0.1) is 0 Å². The van der Waals surface area contributed by atoms with Gasteiger partial charge >= 0.3 is 0 Å². The highest BCUT2D eigenvalue weighted by Gasteiger charge is 2.28. The lowest BCUT2D eigenvalue weighted by atomic mass is 10.1. The summed E-state index contributed by atoms with van der Waals surface area (Å²) in [6.45, 7) is 6.01. The number of nitrogens with zero attached hydrogens (tertiary/aromatic N) is 4. The number of fused-ring (bicyclic) bond motifs is 1. The van der Waals surface area contributed by atoms with Gasteiger partial charge in [0.15, 0.2) is 0 Å². The summed E-state index contributed by atoms with van der Waals surface area (Å²) >= 11 is 0. The second kappa shape index (κ2) is 12.5. The molecule has 0 aliphatic rings. The minimum Gasteiger partial charge on any atom is -0.497 e. The number of amides is 1. The Morgan fingerprint density at radius 2 is 1.80 bits per heavy atom. The van der Waals surface area contributed by atoms with E-state index in [-0.39, 0.29) is 22.7 Å². The Morgan fingerprint density at radius 1 is 1.07 bits per heavy atom. The van der Waals surface area contributed by atoms with Gasteiger partial charge in [-0.05, 0) is 62.7 Å². The number of carbonyl (C=O) groups is 1. The fraction of sp³-hybridized carbons (Fsp3) is 0.323. The molecule has 1 aromatic heterocycles. The molecule has 9 heteroatoms. The summed E-state index contributed by atoms with van der Waals surface area (Å²) in [5.74, 6) is 0.698. The zero-order valence-corrected chi connectivity index (χ0v) is 23.3. The lowest BCUT2D eigenvalue weighted by molar-refractivity contribution is -0.385. The summed E-state index contributed by atoms with van der Waals surface area (Å²) in [7, 11) is 1.57. The van der Waals surface area contributed by atoms with Crippen LogP contribution in [0, 0.1) is 17.0 Å². The third-order valence-electron chi connectivity index (χ3n) is 7.14. The highest BCUT2D eigenvalue weighted by molar-refractivity contribution is 5.95. The molecule has 1 atom stereocenters. The van der Waals surface area contributed by atoms with Crippen molar-refractivity contribution in [2.24, 2.45) is 0 Å². The third-order valence-corrected chi connectivity index (χ3v) is 7.14. The molecule has 0 saturated carbocycles. The molecule has 0 saturated heterocycles. The number of carbonyl (C=O) groups excluding carboxylic acids is 1. The summed E-state index contributed by atoms with van der Waals surface area (Å²) < 4.78 is 6.84. The number of ether oxygens (including phenoxy) is 1. The predicted octanol–water partition coefficient (Wildman–Crippen LogP) is 6.39. The van der Waals surface area contributed by atoms with Crippen LogP contribution in [0.25, 0.3) is 16.6 Å². The molecule has 0 N–H and O–H groups in total. The van der Waals surface area contributed by atoms with Crippen LogP contribution in [0.15, 0.2) is 71.5 Å². The van der Waals surface area contributed by atoms with Crippen molar-refractivity contribution in [1.29, 1.82) is 0 Å². The van der Waals surface area contributed by atoms with Crippen LogP contribution >= 0.6 is 0 Å². The summed E-state index contributed by atoms with van der Waals surface area (Å²) in [5, 5.41) is 12.1. The van der Waals surface area contributed by atoms with Crippen molar-refractivity contribution in [1.82, 2.24) is 14.5 Å². The van der Waals surface area contributed by atoms with Crippen LogP contribution in [0.3, 0.4) is 0 Å². The van der Waals surface area contributed by atoms with Gasteiger partial charge in [0, 0.05) is 23.7 Å². The van der Waals surface area contributed by atoms with Crippen molar-refractivity contribution in [2.75, 3.05) is 13.7 Å². The lowest BCUT2D eigenvalue weighted by Crippen LogP contribution is -2.38. The van der Waals surface area contributed by atoms with Gasteiger partial charge in [0.05, 0.1) is 34.7 Å². The fourth-order valence-electron chi connectivity index (χ4n) is 4.84. The molecule has 0 bridgehead atoms. The van der Waals surface area contributed by atoms with E-state index < -0.39 is 11.0 Å². The van der Waals surface area contributed by atoms with E-state index in [0.29, 0.717) is 40.3 Å². The van der Waals surface area contributed by atoms with Gasteiger partial charge in [0.25, 0.3) is 17.2 Å². The van der Waals surface area contributed by atoms with Crippen molar-refractivity contribution in [3.8, 4) is 11.4 Å². The number of hydrogen-bond acceptors (Lipinski definition) is 6. The first-order valence-corrected chi connectivity index (χ1v) is 13.5. The second-order valence-electron chi connectivity index (χ2n) is 9.82. The van der Waals surface area contributed by atoms with Gasteiger partial charge in [0.2, 0.25) is 0 Å². The number of nitro benzene ring substituents is 1. The molecule has 1 heterocycles. The monoisotopic (exact) mass is 542 g/mol. The van der Waals surface area contributed by atoms with Crippen molar-refractivity contribution >= 4 is 22.5 Å². The number of nitro groups is 1. The number of hydrogen-bond donors (Lipinski definition) is 0. The SMILES string of the molecule is CCCCCCN(C(=O)c1ccc(C)c([N+](=O)[O-])c1)C(C)c1nc2ccccc2c(=O)n1-c1ccc(OC)cc1. The maximum absolute atomic E-state index is 14.0. The third kappa shape index (κ3) is 5.88. The zero-order chi connectivity index (χ0) is 28.8. The van der Waals surface area contributed by atoms with E-state index >= 15 is 0 Å². The summed E-state index contributed by atoms with van der Waals surface area (Å²) in [6, 6.07) is 18.1. The average Bonchev–Trinajstić information content (AvgIpc) is 2.97. The minimum absolute atomic E-state index is 0.108. The molecule has 0 aliphatic carbocycles. The molecule has 40 heavy (non-hydrogen) atoms. The number of aromatic nitrogens is 2. The molecule has 208 valence electrons. The van der Waals surface area contributed by atoms with Gasteiger partial charge in [-0.1, -0.05) is 44.4 Å². The molecule has 1 unspecified atom stereocenters. The highest BCUT2D eigenvalue weighted by atomic mass is 16.6. The molecule has 9 nitrogen and oxygen atoms in total. The van der Waals surface area contributed by atoms with Crippen molar-refractivity contribution in [3.05, 3.63) is 104 Å². The van der Waals surface area contributed by atoms with Crippen LogP contribution < -0.4 is 10.3 Å². The Balaban J connectivity index is 1.86. The van der Waals surface area contributed by atoms with E-state index in [1.54, 1.807) is 73.5 Å². The van der Waals surface area contributed by atoms with Crippen LogP contribution in [0.5, 0.6) is 5.75 Å². The first-order chi connectivity index (χ1) is 19.3. The van der Waals surface area contributed by atoms with Crippen LogP contribution in [0.2, 0.25) is 0 Å². The molecule has 0 spiro atoms. The summed E-state index contributed by atoms with van der Waals surface area (Å²) in [4.78, 5) is 45.5. The first-order valence-electron chi connectivity index (χ1n) is 13.5. The van der Waals surface area contributed by atoms with Crippen LogP contribution in [-0.4, -0.2) is 38.9 Å². The second-order valence-corrected chi connectivity index (χ2v) is 9.82. The Hall–Kier alpha value is -4.53. The molecule has 0 radical (unpaired) electrons. The maximum Gasteiger partial charge on any atom is 0.273 e. The Kier molecular flexibility index (Phi) is 8.93. The smallest absolute Gasteiger partial charge is 0.273 e. The number of aryl methyl sites for hydroxylation is 1. The van der Waals surface area contributed by atoms with E-state index in [1.807, 2.05) is 13.0 Å². The number of unbranched alkanes of at least 4 members (excludes halogenated alkanes) is 3. The molecule has 4 rings (SSSR count). The van der Waals surface area contributed by atoms with Gasteiger partial charge in [0.1, 0.15) is 11.6 Å². The van der Waals surface area contributed by atoms with E-state index in [4.69, 9.17) is 9.72 Å². The Morgan fingerprint density at radius 3 is 2.48 bits per heavy atom. The van der Waals surface area contributed by atoms with Gasteiger partial charge in [-0.2, -0.15) is 0 Å². The van der Waals surface area contributed by atoms with Crippen LogP contribution in [-0.2, 0) is 0 Å². The molecular weight excluding hydrogens is 508 g/mol. The van der Waals surface area contributed by atoms with E-state index in [0.717, 1.165) is 25.7 Å². The molecule has 1 amide bonds. The largest absolute Gasteiger partial charge is 0.497 e. The van der Waals surface area contributed by atoms with E-state index in [9.17, 15) is 19.7 Å². The van der Waals surface area contributed by atoms with Crippen molar-refractivity contribution in [3.63, 3.8) is 0 Å². The molecule has 0 fully saturated rings. The minimum atomic E-state index is -0.617. The van der Waals surface area contributed by atoms with Gasteiger partial charge < -0.3 is 9.64 Å². The number of benzene rings is 3. The van der Waals surface area contributed by atoms with Crippen LogP contribution in [0.4, 0.5) is 5.69 Å². The topological polar surface area (TPSA) is 108 Å². The van der Waals surface area contributed by atoms with Gasteiger partial charge in [-0.3, -0.25) is 24.3 Å². The van der Waals surface area contributed by atoms with Crippen molar-refractivity contribution < 1.29 is 14.5 Å².